The summed E-state index contributed by atoms with van der Waals surface area (Å²) in [5.41, 5.74) is 4.38. The van der Waals surface area contributed by atoms with Gasteiger partial charge in [0.15, 0.2) is 0 Å². The van der Waals surface area contributed by atoms with Crippen LogP contribution in [0, 0.1) is 11.8 Å². The number of urea groups is 1. The number of nitrogens with one attached hydrogen (secondary N) is 1. The topological polar surface area (TPSA) is 95.7 Å². The summed E-state index contributed by atoms with van der Waals surface area (Å²) in [6.07, 6.45) is 1.57. The average molecular weight is 301 g/mol. The van der Waals surface area contributed by atoms with Crippen LogP contribution in [0.25, 0.3) is 0 Å². The van der Waals surface area contributed by atoms with Crippen molar-refractivity contribution in [3.8, 4) is 0 Å². The second-order valence-electron chi connectivity index (χ2n) is 6.20. The van der Waals surface area contributed by atoms with Gasteiger partial charge in [-0.3, -0.25) is 4.79 Å². The first kappa shape index (κ1) is 19.7. The molecule has 3 amide bonds. The van der Waals surface area contributed by atoms with Gasteiger partial charge in [-0.2, -0.15) is 0 Å². The molecule has 0 fully saturated rings. The third-order valence-corrected chi connectivity index (χ3v) is 4.11. The van der Waals surface area contributed by atoms with Gasteiger partial charge in [-0.25, -0.2) is 4.79 Å². The fourth-order valence-corrected chi connectivity index (χ4v) is 1.99. The van der Waals surface area contributed by atoms with Crippen LogP contribution >= 0.6 is 0 Å². The Kier molecular flexibility index (Phi) is 8.32. The second-order valence-corrected chi connectivity index (χ2v) is 6.20. The Morgan fingerprint density at radius 3 is 2.24 bits per heavy atom. The van der Waals surface area contributed by atoms with Crippen molar-refractivity contribution in [2.24, 2.45) is 17.6 Å². The average Bonchev–Trinajstić information content (AvgIpc) is 2.41. The van der Waals surface area contributed by atoms with Gasteiger partial charge in [0, 0.05) is 13.1 Å². The van der Waals surface area contributed by atoms with Gasteiger partial charge < -0.3 is 21.1 Å². The van der Waals surface area contributed by atoms with Crippen molar-refractivity contribution in [3.63, 3.8) is 0 Å². The molecule has 0 bridgehead atoms. The van der Waals surface area contributed by atoms with Gasteiger partial charge in [-0.05, 0) is 25.2 Å². The van der Waals surface area contributed by atoms with E-state index in [4.69, 9.17) is 10.8 Å². The first-order valence-electron chi connectivity index (χ1n) is 7.66. The summed E-state index contributed by atoms with van der Waals surface area (Å²) in [5, 5.41) is 11.9. The molecule has 21 heavy (non-hydrogen) atoms. The summed E-state index contributed by atoms with van der Waals surface area (Å²) in [5.74, 6) is -0.158. The number of nitrogens with zero attached hydrogens (tertiary/aromatic N) is 1. The standard InChI is InChI=1S/C15H31N3O3/c1-6-12(4)15(5,13(16)20)17-14(21)18(9-10-19)8-7-11(2)3/h11-12,19H,6-10H2,1-5H3,(H2,16,20)(H,17,21). The van der Waals surface area contributed by atoms with E-state index in [2.05, 4.69) is 19.2 Å². The van der Waals surface area contributed by atoms with Crippen LogP contribution < -0.4 is 11.1 Å². The zero-order chi connectivity index (χ0) is 16.6. The molecule has 0 heterocycles. The van der Waals surface area contributed by atoms with Gasteiger partial charge in [-0.15, -0.1) is 0 Å². The summed E-state index contributed by atoms with van der Waals surface area (Å²) in [6, 6.07) is -0.355. The third kappa shape index (κ3) is 5.91. The van der Waals surface area contributed by atoms with E-state index in [-0.39, 0.29) is 25.1 Å². The Morgan fingerprint density at radius 1 is 1.29 bits per heavy atom. The lowest BCUT2D eigenvalue weighted by molar-refractivity contribution is -0.125. The Morgan fingerprint density at radius 2 is 1.86 bits per heavy atom. The number of amides is 3. The number of nitrogens with two attached hydrogens (primary N) is 1. The molecule has 0 aromatic rings. The van der Waals surface area contributed by atoms with Crippen LogP contribution in [0.4, 0.5) is 4.79 Å². The molecular weight excluding hydrogens is 270 g/mol. The van der Waals surface area contributed by atoms with Gasteiger partial charge in [-0.1, -0.05) is 34.1 Å². The molecule has 6 heteroatoms. The second kappa shape index (κ2) is 8.87. The lowest BCUT2D eigenvalue weighted by Gasteiger charge is -2.35. The summed E-state index contributed by atoms with van der Waals surface area (Å²) in [7, 11) is 0. The molecule has 0 spiro atoms. The summed E-state index contributed by atoms with van der Waals surface area (Å²) >= 11 is 0. The lowest BCUT2D eigenvalue weighted by atomic mass is 9.84. The van der Waals surface area contributed by atoms with Crippen LogP contribution in [0.2, 0.25) is 0 Å². The largest absolute Gasteiger partial charge is 0.395 e. The van der Waals surface area contributed by atoms with E-state index in [1.54, 1.807) is 6.92 Å². The van der Waals surface area contributed by atoms with Crippen LogP contribution in [0.5, 0.6) is 0 Å². The zero-order valence-corrected chi connectivity index (χ0v) is 14.0. The first-order chi connectivity index (χ1) is 9.68. The van der Waals surface area contributed by atoms with Crippen molar-refractivity contribution < 1.29 is 14.7 Å². The highest BCUT2D eigenvalue weighted by molar-refractivity contribution is 5.89. The van der Waals surface area contributed by atoms with Gasteiger partial charge in [0.1, 0.15) is 5.54 Å². The van der Waals surface area contributed by atoms with Crippen molar-refractivity contribution in [1.29, 1.82) is 0 Å². The first-order valence-corrected chi connectivity index (χ1v) is 7.66. The monoisotopic (exact) mass is 301 g/mol. The van der Waals surface area contributed by atoms with Crippen molar-refractivity contribution in [3.05, 3.63) is 0 Å². The Hall–Kier alpha value is -1.30. The Balaban J connectivity index is 4.95. The van der Waals surface area contributed by atoms with Gasteiger partial charge in [0.2, 0.25) is 5.91 Å². The number of carbonyl (C=O) groups excluding carboxylic acids is 2. The van der Waals surface area contributed by atoms with Gasteiger partial charge >= 0.3 is 6.03 Å². The van der Waals surface area contributed by atoms with Gasteiger partial charge in [0.25, 0.3) is 0 Å². The number of carbonyl (C=O) groups is 2. The molecule has 0 aliphatic rings. The van der Waals surface area contributed by atoms with E-state index < -0.39 is 11.4 Å². The van der Waals surface area contributed by atoms with E-state index in [0.717, 1.165) is 12.8 Å². The van der Waals surface area contributed by atoms with Crippen LogP contribution in [-0.4, -0.2) is 47.2 Å². The van der Waals surface area contributed by atoms with Crippen molar-refractivity contribution in [1.82, 2.24) is 10.2 Å². The molecule has 2 unspecified atom stereocenters. The number of aliphatic hydroxyl groups is 1. The number of rotatable bonds is 9. The minimum Gasteiger partial charge on any atom is -0.395 e. The molecule has 0 aromatic heterocycles. The minimum atomic E-state index is -1.09. The zero-order valence-electron chi connectivity index (χ0n) is 14.0. The summed E-state index contributed by atoms with van der Waals surface area (Å²) in [4.78, 5) is 25.7. The Labute approximate surface area is 128 Å². The van der Waals surface area contributed by atoms with Crippen LogP contribution in [0.3, 0.4) is 0 Å². The molecule has 124 valence electrons. The quantitative estimate of drug-likeness (QED) is 0.599. The maximum Gasteiger partial charge on any atom is 0.318 e. The van der Waals surface area contributed by atoms with E-state index >= 15 is 0 Å². The van der Waals surface area contributed by atoms with Crippen molar-refractivity contribution >= 4 is 11.9 Å². The highest BCUT2D eigenvalue weighted by Crippen LogP contribution is 2.20. The van der Waals surface area contributed by atoms with E-state index in [9.17, 15) is 9.59 Å². The predicted molar refractivity (Wildman–Crippen MR) is 83.7 cm³/mol. The molecular formula is C15H31N3O3. The molecule has 0 aliphatic heterocycles. The highest BCUT2D eigenvalue weighted by Gasteiger charge is 2.38. The maximum atomic E-state index is 12.4. The molecule has 0 saturated heterocycles. The molecule has 0 rings (SSSR count). The highest BCUT2D eigenvalue weighted by atomic mass is 16.3. The van der Waals surface area contributed by atoms with E-state index in [1.807, 2.05) is 13.8 Å². The molecule has 2 atom stereocenters. The third-order valence-electron chi connectivity index (χ3n) is 4.11. The number of primary amides is 1. The smallest absolute Gasteiger partial charge is 0.318 e. The van der Waals surface area contributed by atoms with Gasteiger partial charge in [0.05, 0.1) is 6.61 Å². The maximum absolute atomic E-state index is 12.4. The SMILES string of the molecule is CCC(C)C(C)(NC(=O)N(CCO)CCC(C)C)C(N)=O. The normalized spacial score (nSPS) is 15.4. The molecule has 0 radical (unpaired) electrons. The molecule has 4 N–H and O–H groups in total. The van der Waals surface area contributed by atoms with E-state index in [1.165, 1.54) is 4.90 Å². The number of aliphatic hydroxyl groups excluding tert-OH is 1. The van der Waals surface area contributed by atoms with Crippen LogP contribution in [0.15, 0.2) is 0 Å². The fraction of sp³-hybridized carbons (Fsp3) is 0.867. The molecule has 0 aliphatic carbocycles. The molecule has 0 aromatic carbocycles. The van der Waals surface area contributed by atoms with Crippen LogP contribution in [-0.2, 0) is 4.79 Å². The predicted octanol–water partition coefficient (Wildman–Crippen LogP) is 1.33. The van der Waals surface area contributed by atoms with Crippen LogP contribution in [0.1, 0.15) is 47.5 Å². The van der Waals surface area contributed by atoms with E-state index in [0.29, 0.717) is 12.5 Å². The summed E-state index contributed by atoms with van der Waals surface area (Å²) < 4.78 is 0. The Bertz CT molecular complexity index is 347. The molecule has 0 saturated carbocycles. The number of hydrogen-bond donors (Lipinski definition) is 3. The summed E-state index contributed by atoms with van der Waals surface area (Å²) in [6.45, 7) is 10.3. The van der Waals surface area contributed by atoms with Crippen molar-refractivity contribution in [2.75, 3.05) is 19.7 Å². The fourth-order valence-electron chi connectivity index (χ4n) is 1.99. The minimum absolute atomic E-state index is 0.0694. The lowest BCUT2D eigenvalue weighted by Crippen LogP contribution is -2.62. The van der Waals surface area contributed by atoms with Crippen molar-refractivity contribution in [2.45, 2.75) is 53.0 Å². The number of hydrogen-bond acceptors (Lipinski definition) is 3. The molecule has 6 nitrogen and oxygen atoms in total.